The molecule has 0 bridgehead atoms. The molecule has 0 saturated carbocycles. The summed E-state index contributed by atoms with van der Waals surface area (Å²) < 4.78 is 13.1. The Hall–Kier alpha value is -3.61. The fourth-order valence-electron chi connectivity index (χ4n) is 3.37. The molecule has 0 fully saturated rings. The number of ether oxygens (including phenoxy) is 1. The zero-order chi connectivity index (χ0) is 19.1. The largest absolute Gasteiger partial charge is 0.468 e. The molecule has 1 aliphatic rings. The molecule has 0 radical (unpaired) electrons. The van der Waals surface area contributed by atoms with Gasteiger partial charge < -0.3 is 14.5 Å². The van der Waals surface area contributed by atoms with E-state index in [1.54, 1.807) is 12.5 Å². The summed E-state index contributed by atoms with van der Waals surface area (Å²) in [4.78, 5) is 8.99. The Bertz CT molecular complexity index is 1200. The molecule has 1 aliphatic heterocycles. The molecule has 4 heterocycles. The minimum atomic E-state index is 0.346. The molecule has 28 heavy (non-hydrogen) atoms. The van der Waals surface area contributed by atoms with Crippen LogP contribution in [0.25, 0.3) is 10.9 Å². The average molecular weight is 373 g/mol. The maximum Gasteiger partial charge on any atom is 0.241 e. The second-order valence-electron chi connectivity index (χ2n) is 6.84. The first kappa shape index (κ1) is 16.6. The highest BCUT2D eigenvalue weighted by molar-refractivity contribution is 6.09. The van der Waals surface area contributed by atoms with Gasteiger partial charge >= 0.3 is 0 Å². The molecule has 7 heteroatoms. The SMILES string of the molecule is Cc1coc(COc2nn(C)c3cc(NC4=NCc5cccnc54)ccc23)c1. The molecule has 0 spiro atoms. The van der Waals surface area contributed by atoms with Gasteiger partial charge in [0.2, 0.25) is 5.88 Å². The molecular formula is C21H19N5O2. The van der Waals surface area contributed by atoms with Gasteiger partial charge in [0.25, 0.3) is 0 Å². The molecule has 0 saturated heterocycles. The summed E-state index contributed by atoms with van der Waals surface area (Å²) in [7, 11) is 1.90. The van der Waals surface area contributed by atoms with Crippen molar-refractivity contribution in [3.63, 3.8) is 0 Å². The summed E-state index contributed by atoms with van der Waals surface area (Å²) in [6, 6.07) is 12.0. The average Bonchev–Trinajstić information content (AvgIpc) is 3.39. The highest BCUT2D eigenvalue weighted by Crippen LogP contribution is 2.28. The van der Waals surface area contributed by atoms with E-state index in [1.807, 2.05) is 49.0 Å². The van der Waals surface area contributed by atoms with Crippen molar-refractivity contribution in [2.75, 3.05) is 5.32 Å². The Morgan fingerprint density at radius 1 is 1.25 bits per heavy atom. The quantitative estimate of drug-likeness (QED) is 0.588. The highest BCUT2D eigenvalue weighted by Gasteiger charge is 2.18. The number of nitrogens with zero attached hydrogens (tertiary/aromatic N) is 4. The van der Waals surface area contributed by atoms with Crippen molar-refractivity contribution < 1.29 is 9.15 Å². The zero-order valence-corrected chi connectivity index (χ0v) is 15.6. The summed E-state index contributed by atoms with van der Waals surface area (Å²) >= 11 is 0. The number of hydrogen-bond acceptors (Lipinski definition) is 6. The maximum atomic E-state index is 5.88. The third-order valence-electron chi connectivity index (χ3n) is 4.74. The van der Waals surface area contributed by atoms with Crippen LogP contribution in [0.3, 0.4) is 0 Å². The smallest absolute Gasteiger partial charge is 0.241 e. The summed E-state index contributed by atoms with van der Waals surface area (Å²) in [5, 5.41) is 8.83. The van der Waals surface area contributed by atoms with Crippen LogP contribution in [0.1, 0.15) is 22.6 Å². The van der Waals surface area contributed by atoms with E-state index in [1.165, 1.54) is 0 Å². The molecule has 0 atom stereocenters. The van der Waals surface area contributed by atoms with Crippen molar-refractivity contribution in [1.29, 1.82) is 0 Å². The Balaban J connectivity index is 1.39. The lowest BCUT2D eigenvalue weighted by atomic mass is 10.2. The highest BCUT2D eigenvalue weighted by atomic mass is 16.5. The molecule has 7 nitrogen and oxygen atoms in total. The number of pyridine rings is 1. The standard InChI is InChI=1S/C21H19N5O2/c1-13-8-16(27-11-13)12-28-21-17-6-5-15(9-18(17)26(2)25-21)24-20-19-14(10-23-20)4-3-7-22-19/h3-9,11H,10,12H2,1-2H3,(H,23,24). The maximum absolute atomic E-state index is 5.88. The van der Waals surface area contributed by atoms with E-state index in [-0.39, 0.29) is 0 Å². The van der Waals surface area contributed by atoms with E-state index in [4.69, 9.17) is 9.15 Å². The molecule has 5 rings (SSSR count). The van der Waals surface area contributed by atoms with Gasteiger partial charge in [0.05, 0.1) is 23.7 Å². The fourth-order valence-corrected chi connectivity index (χ4v) is 3.37. The molecular weight excluding hydrogens is 354 g/mol. The number of aliphatic imine (C=N–C) groups is 1. The van der Waals surface area contributed by atoms with Gasteiger partial charge in [0.1, 0.15) is 18.1 Å². The molecule has 3 aromatic heterocycles. The van der Waals surface area contributed by atoms with E-state index < -0.39 is 0 Å². The molecule has 4 aromatic rings. The number of aryl methyl sites for hydroxylation is 2. The third-order valence-corrected chi connectivity index (χ3v) is 4.74. The van der Waals surface area contributed by atoms with Crippen LogP contribution in [-0.2, 0) is 20.2 Å². The van der Waals surface area contributed by atoms with Crippen molar-refractivity contribution in [3.05, 3.63) is 71.4 Å². The number of anilines is 1. The second kappa shape index (κ2) is 6.53. The second-order valence-corrected chi connectivity index (χ2v) is 6.84. The van der Waals surface area contributed by atoms with Crippen LogP contribution in [0.4, 0.5) is 5.69 Å². The van der Waals surface area contributed by atoms with E-state index in [9.17, 15) is 0 Å². The number of fused-ring (bicyclic) bond motifs is 2. The molecule has 140 valence electrons. The Morgan fingerprint density at radius 3 is 3.04 bits per heavy atom. The number of amidine groups is 1. The van der Waals surface area contributed by atoms with Crippen LogP contribution in [0.2, 0.25) is 0 Å². The van der Waals surface area contributed by atoms with Gasteiger partial charge in [0.15, 0.2) is 5.84 Å². The predicted molar refractivity (Wildman–Crippen MR) is 107 cm³/mol. The lowest BCUT2D eigenvalue weighted by Crippen LogP contribution is -2.13. The van der Waals surface area contributed by atoms with Crippen LogP contribution >= 0.6 is 0 Å². The Morgan fingerprint density at radius 2 is 2.18 bits per heavy atom. The number of hydrogen-bond donors (Lipinski definition) is 1. The summed E-state index contributed by atoms with van der Waals surface area (Å²) in [6.45, 7) is 2.99. The number of benzene rings is 1. The Labute approximate surface area is 161 Å². The summed E-state index contributed by atoms with van der Waals surface area (Å²) in [6.07, 6.45) is 3.50. The van der Waals surface area contributed by atoms with E-state index >= 15 is 0 Å². The molecule has 0 amide bonds. The van der Waals surface area contributed by atoms with Crippen LogP contribution in [-0.4, -0.2) is 20.6 Å². The number of aromatic nitrogens is 3. The molecule has 0 unspecified atom stereocenters. The predicted octanol–water partition coefficient (Wildman–Crippen LogP) is 3.82. The number of rotatable bonds is 4. The van der Waals surface area contributed by atoms with Crippen LogP contribution < -0.4 is 10.1 Å². The monoisotopic (exact) mass is 373 g/mol. The summed E-state index contributed by atoms with van der Waals surface area (Å²) in [5.74, 6) is 2.16. The first-order valence-electron chi connectivity index (χ1n) is 9.07. The lowest BCUT2D eigenvalue weighted by molar-refractivity contribution is 0.261. The van der Waals surface area contributed by atoms with Crippen LogP contribution in [0.15, 0.2) is 58.3 Å². The molecule has 0 aliphatic carbocycles. The van der Waals surface area contributed by atoms with Gasteiger partial charge in [-0.2, -0.15) is 0 Å². The van der Waals surface area contributed by atoms with Crippen molar-refractivity contribution in [2.45, 2.75) is 20.1 Å². The van der Waals surface area contributed by atoms with Crippen molar-refractivity contribution >= 4 is 22.4 Å². The van der Waals surface area contributed by atoms with Gasteiger partial charge in [0, 0.05) is 24.5 Å². The van der Waals surface area contributed by atoms with Gasteiger partial charge in [-0.3, -0.25) is 14.7 Å². The van der Waals surface area contributed by atoms with E-state index in [0.717, 1.165) is 45.0 Å². The van der Waals surface area contributed by atoms with Crippen molar-refractivity contribution in [3.8, 4) is 5.88 Å². The first-order valence-corrected chi connectivity index (χ1v) is 9.07. The fraction of sp³-hybridized carbons (Fsp3) is 0.190. The first-order chi connectivity index (χ1) is 13.7. The molecule has 1 N–H and O–H groups in total. The van der Waals surface area contributed by atoms with Crippen molar-refractivity contribution in [2.24, 2.45) is 12.0 Å². The van der Waals surface area contributed by atoms with E-state index in [0.29, 0.717) is 19.0 Å². The Kier molecular flexibility index (Phi) is 3.86. The number of nitrogens with one attached hydrogen (secondary N) is 1. The van der Waals surface area contributed by atoms with Gasteiger partial charge in [-0.25, -0.2) is 0 Å². The van der Waals surface area contributed by atoms with Gasteiger partial charge in [-0.05, 0) is 42.8 Å². The molecule has 1 aromatic carbocycles. The van der Waals surface area contributed by atoms with Crippen LogP contribution in [0.5, 0.6) is 5.88 Å². The zero-order valence-electron chi connectivity index (χ0n) is 15.6. The minimum Gasteiger partial charge on any atom is -0.468 e. The van der Waals surface area contributed by atoms with Crippen LogP contribution in [0, 0.1) is 6.92 Å². The summed E-state index contributed by atoms with van der Waals surface area (Å²) in [5.41, 5.74) is 5.02. The third kappa shape index (κ3) is 2.90. The lowest BCUT2D eigenvalue weighted by Gasteiger charge is -2.07. The minimum absolute atomic E-state index is 0.346. The van der Waals surface area contributed by atoms with Gasteiger partial charge in [-0.1, -0.05) is 6.07 Å². The van der Waals surface area contributed by atoms with Crippen molar-refractivity contribution in [1.82, 2.24) is 14.8 Å². The topological polar surface area (TPSA) is 77.5 Å². The van der Waals surface area contributed by atoms with E-state index in [2.05, 4.69) is 26.5 Å². The number of furan rings is 1. The normalized spacial score (nSPS) is 12.9. The van der Waals surface area contributed by atoms with Gasteiger partial charge in [-0.15, -0.1) is 5.10 Å².